The van der Waals surface area contributed by atoms with E-state index in [-0.39, 0.29) is 5.92 Å². The van der Waals surface area contributed by atoms with Gasteiger partial charge in [0, 0.05) is 0 Å². The van der Waals surface area contributed by atoms with Crippen molar-refractivity contribution in [2.24, 2.45) is 29.1 Å². The molecule has 2 saturated carbocycles. The summed E-state index contributed by atoms with van der Waals surface area (Å²) in [5.74, 6) is -4.15. The number of fused-ring (bicyclic) bond motifs is 5. The number of carbonyl (C=O) groups is 1. The van der Waals surface area contributed by atoms with Crippen LogP contribution in [0, 0.1) is 29.1 Å². The molecule has 0 heterocycles. The van der Waals surface area contributed by atoms with Crippen molar-refractivity contribution in [3.63, 3.8) is 0 Å². The predicted molar refractivity (Wildman–Crippen MR) is 77.7 cm³/mol. The first-order valence-corrected chi connectivity index (χ1v) is 8.34. The van der Waals surface area contributed by atoms with Gasteiger partial charge in [0.05, 0.1) is 0 Å². The van der Waals surface area contributed by atoms with Crippen LogP contribution in [-0.4, -0.2) is 34.6 Å². The molecule has 0 amide bonds. The zero-order chi connectivity index (χ0) is 19.9. The molecule has 3 aliphatic rings. The van der Waals surface area contributed by atoms with Gasteiger partial charge in [0.15, 0.2) is 0 Å². The third-order valence-electron chi connectivity index (χ3n) is 5.98. The molecule has 5 unspecified atom stereocenters. The summed E-state index contributed by atoms with van der Waals surface area (Å²) in [5, 5.41) is 10.1. The lowest BCUT2D eigenvalue weighted by Gasteiger charge is -2.60. The van der Waals surface area contributed by atoms with Crippen molar-refractivity contribution >= 4 is 5.97 Å². The van der Waals surface area contributed by atoms with Gasteiger partial charge in [-0.25, -0.2) is 0 Å². The van der Waals surface area contributed by atoms with Crippen molar-refractivity contribution < 1.29 is 41.0 Å². The van der Waals surface area contributed by atoms with Crippen LogP contribution in [-0.2, 0) is 9.53 Å². The molecule has 148 valence electrons. The first kappa shape index (κ1) is 19.5. The molecule has 0 saturated heterocycles. The zero-order valence-electron chi connectivity index (χ0n) is 14.4. The Balaban J connectivity index is 2.16. The first-order valence-electron chi connectivity index (χ1n) is 8.34. The van der Waals surface area contributed by atoms with Gasteiger partial charge < -0.3 is 9.84 Å². The van der Waals surface area contributed by atoms with Gasteiger partial charge in [-0.05, 0) is 57.3 Å². The lowest BCUT2D eigenvalue weighted by atomic mass is 9.44. The number of allylic oxidation sites excluding steroid dienone is 2. The number of carbonyl (C=O) groups excluding carboxylic acids is 1. The maximum Gasteiger partial charge on any atom is 0.427 e. The van der Waals surface area contributed by atoms with E-state index in [9.17, 15) is 36.2 Å². The van der Waals surface area contributed by atoms with E-state index in [0.717, 1.165) is 0 Å². The van der Waals surface area contributed by atoms with Gasteiger partial charge in [-0.15, -0.1) is 0 Å². The molecule has 0 aromatic carbocycles. The van der Waals surface area contributed by atoms with Crippen molar-refractivity contribution in [3.05, 3.63) is 12.2 Å². The number of hydrogen-bond donors (Lipinski definition) is 1. The molecule has 0 aromatic heterocycles. The van der Waals surface area contributed by atoms with Crippen LogP contribution >= 0.6 is 0 Å². The van der Waals surface area contributed by atoms with E-state index < -0.39 is 59.1 Å². The molecular weight excluding hydrogens is 366 g/mol. The Morgan fingerprint density at radius 3 is 1.96 bits per heavy atom. The Morgan fingerprint density at radius 2 is 1.54 bits per heavy atom. The number of alkyl halides is 6. The van der Waals surface area contributed by atoms with E-state index in [2.05, 4.69) is 0 Å². The molecule has 2 bridgehead atoms. The van der Waals surface area contributed by atoms with Crippen molar-refractivity contribution in [1.82, 2.24) is 0 Å². The van der Waals surface area contributed by atoms with Gasteiger partial charge in [-0.2, -0.15) is 26.3 Å². The maximum atomic E-state index is 13.6. The van der Waals surface area contributed by atoms with Crippen molar-refractivity contribution in [2.45, 2.75) is 57.2 Å². The number of hydrogen-bond acceptors (Lipinski definition) is 3. The minimum atomic E-state index is -6.07. The average Bonchev–Trinajstić information content (AvgIpc) is 2.90. The van der Waals surface area contributed by atoms with Gasteiger partial charge in [0.1, 0.15) is 11.0 Å². The van der Waals surface area contributed by atoms with Crippen molar-refractivity contribution in [3.8, 4) is 0 Å². The van der Waals surface area contributed by atoms with Gasteiger partial charge in [-0.1, -0.05) is 12.2 Å². The van der Waals surface area contributed by atoms with E-state index in [1.807, 2.05) is 0 Å². The lowest BCUT2D eigenvalue weighted by Crippen LogP contribution is -2.77. The maximum absolute atomic E-state index is 13.6. The Kier molecular flexibility index (Phi) is 3.88. The summed E-state index contributed by atoms with van der Waals surface area (Å²) in [4.78, 5) is 12.7. The van der Waals surface area contributed by atoms with E-state index in [1.165, 1.54) is 20.8 Å². The molecule has 26 heavy (non-hydrogen) atoms. The summed E-state index contributed by atoms with van der Waals surface area (Å²) < 4.78 is 86.7. The van der Waals surface area contributed by atoms with Crippen LogP contribution in [0.4, 0.5) is 26.3 Å². The summed E-state index contributed by atoms with van der Waals surface area (Å²) in [7, 11) is 0. The third kappa shape index (κ3) is 2.28. The second-order valence-electron chi connectivity index (χ2n) is 8.52. The molecule has 0 aromatic rings. The minimum absolute atomic E-state index is 0.161. The Hall–Kier alpha value is -1.25. The normalized spacial score (nSPS) is 36.7. The van der Waals surface area contributed by atoms with Crippen LogP contribution in [0.2, 0.25) is 0 Å². The fraction of sp³-hybridized carbons (Fsp3) is 0.824. The van der Waals surface area contributed by atoms with E-state index in [1.54, 1.807) is 12.2 Å². The van der Waals surface area contributed by atoms with E-state index in [4.69, 9.17) is 4.74 Å². The summed E-state index contributed by atoms with van der Waals surface area (Å²) >= 11 is 0. The quantitative estimate of drug-likeness (QED) is 0.443. The van der Waals surface area contributed by atoms with Crippen LogP contribution in [0.25, 0.3) is 0 Å². The monoisotopic (exact) mass is 386 g/mol. The predicted octanol–water partition coefficient (Wildman–Crippen LogP) is 4.01. The van der Waals surface area contributed by atoms with Crippen molar-refractivity contribution in [2.75, 3.05) is 0 Å². The summed E-state index contributed by atoms with van der Waals surface area (Å²) in [5.41, 5.74) is -9.54. The van der Waals surface area contributed by atoms with Crippen LogP contribution < -0.4 is 0 Å². The standard InChI is InChI=1S/C17H20F6O3/c1-13(2,3)26-12(24)14(15(25,16(18,19)20)17(21,22)23)7-10-8-4-5-9(6-8)11(10)14/h4-5,8-11,25H,6-7H2,1-3H3. The highest BCUT2D eigenvalue weighted by Crippen LogP contribution is 2.74. The topological polar surface area (TPSA) is 46.5 Å². The number of ether oxygens (including phenoxy) is 1. The van der Waals surface area contributed by atoms with Crippen LogP contribution in [0.15, 0.2) is 12.2 Å². The molecule has 1 N–H and O–H groups in total. The molecule has 0 radical (unpaired) electrons. The molecule has 3 aliphatic carbocycles. The van der Waals surface area contributed by atoms with Gasteiger partial charge in [-0.3, -0.25) is 4.79 Å². The zero-order valence-corrected chi connectivity index (χ0v) is 14.4. The Morgan fingerprint density at radius 1 is 1.04 bits per heavy atom. The van der Waals surface area contributed by atoms with Crippen LogP contribution in [0.1, 0.15) is 33.6 Å². The number of esters is 1. The largest absolute Gasteiger partial charge is 0.459 e. The minimum Gasteiger partial charge on any atom is -0.459 e. The second-order valence-corrected chi connectivity index (χ2v) is 8.52. The van der Waals surface area contributed by atoms with Gasteiger partial charge >= 0.3 is 18.3 Å². The number of rotatable bonds is 2. The highest BCUT2D eigenvalue weighted by molar-refractivity contribution is 5.82. The molecule has 5 atom stereocenters. The lowest BCUT2D eigenvalue weighted by molar-refractivity contribution is -0.421. The van der Waals surface area contributed by atoms with Gasteiger partial charge in [0.2, 0.25) is 0 Å². The molecule has 0 spiro atoms. The number of aliphatic hydroxyl groups is 1. The summed E-state index contributed by atoms with van der Waals surface area (Å²) in [6, 6.07) is 0. The molecule has 9 heteroatoms. The number of halogens is 6. The summed E-state index contributed by atoms with van der Waals surface area (Å²) in [6.07, 6.45) is -9.13. The fourth-order valence-corrected chi connectivity index (χ4v) is 5.07. The molecule has 3 nitrogen and oxygen atoms in total. The fourth-order valence-electron chi connectivity index (χ4n) is 5.07. The first-order chi connectivity index (χ1) is 11.6. The van der Waals surface area contributed by atoms with E-state index in [0.29, 0.717) is 6.42 Å². The van der Waals surface area contributed by atoms with E-state index >= 15 is 0 Å². The Labute approximate surface area is 146 Å². The summed E-state index contributed by atoms with van der Waals surface area (Å²) in [6.45, 7) is 4.07. The van der Waals surface area contributed by atoms with Crippen LogP contribution in [0.3, 0.4) is 0 Å². The molecule has 0 aliphatic heterocycles. The van der Waals surface area contributed by atoms with Crippen molar-refractivity contribution in [1.29, 1.82) is 0 Å². The Bertz CT molecular complexity index is 630. The smallest absolute Gasteiger partial charge is 0.427 e. The SMILES string of the molecule is CC(C)(C)OC(=O)C1(C(O)(C(F)(F)F)C(F)(F)F)CC2C3C=CC(C3)C21. The molecule has 3 rings (SSSR count). The highest BCUT2D eigenvalue weighted by Gasteiger charge is 2.88. The average molecular weight is 386 g/mol. The molecule has 2 fully saturated rings. The van der Waals surface area contributed by atoms with Gasteiger partial charge in [0.25, 0.3) is 5.60 Å². The van der Waals surface area contributed by atoms with Crippen LogP contribution in [0.5, 0.6) is 0 Å². The molecular formula is C17H20F6O3. The third-order valence-corrected chi connectivity index (χ3v) is 5.98. The highest BCUT2D eigenvalue weighted by atomic mass is 19.4. The second kappa shape index (κ2) is 5.17.